The van der Waals surface area contributed by atoms with E-state index in [0.717, 1.165) is 0 Å². The first-order chi connectivity index (χ1) is 18.9. The van der Waals surface area contributed by atoms with Crippen molar-refractivity contribution < 1.29 is 44.7 Å². The van der Waals surface area contributed by atoms with Crippen LogP contribution in [0.4, 0.5) is 0 Å². The molecule has 220 valence electrons. The maximum absolute atomic E-state index is 14.0. The van der Waals surface area contributed by atoms with Crippen molar-refractivity contribution in [2.45, 2.75) is 56.9 Å². The summed E-state index contributed by atoms with van der Waals surface area (Å²) < 4.78 is 0. The number of phenols is 1. The average Bonchev–Trinajstić information content (AvgIpc) is 2.84. The number of benzene rings is 1. The number of nitrogens with one attached hydrogen (secondary N) is 1. The molecule has 0 heterocycles. The largest absolute Gasteiger partial charge is 0.508 e. The minimum absolute atomic E-state index is 0.153. The molecule has 0 bridgehead atoms. The second kappa shape index (κ2) is 9.82. The molecule has 3 aliphatic carbocycles. The fourth-order valence-corrected chi connectivity index (χ4v) is 6.45. The standard InChI is InChI=1S/C29H35N3O9/c1-11-15-12(8-10-14(34)31-28(2,3)4)7-9-13(33)17(15)22(35)18-16(11)23(36)20-21(32(5)6)24(37)19(27(30)40)26(39)29(20,41)25(18)38/h7-11,16,20-21,23,33,35-36,39,41H,1-6H3,(H2,30,40)(H,31,34)/b10-8+. The van der Waals surface area contributed by atoms with E-state index < -0.39 is 92.8 Å². The SMILES string of the molecule is CC1c2c(/C=C/C(=O)NC(C)(C)C)ccc(O)c2C(O)=C2C(=O)C3(O)C(O)=C(C(N)=O)C(=O)C(N(C)C)C3C(O)C21. The number of aliphatic hydroxyl groups is 4. The quantitative estimate of drug-likeness (QED) is 0.196. The van der Waals surface area contributed by atoms with Crippen LogP contribution in [0.25, 0.3) is 11.8 Å². The van der Waals surface area contributed by atoms with Gasteiger partial charge >= 0.3 is 0 Å². The van der Waals surface area contributed by atoms with Crippen LogP contribution in [-0.2, 0) is 19.2 Å². The number of likely N-dealkylation sites (N-methyl/N-ethyl adjacent to an activating group) is 1. The van der Waals surface area contributed by atoms with Gasteiger partial charge in [-0.1, -0.05) is 13.0 Å². The van der Waals surface area contributed by atoms with Gasteiger partial charge in [0.1, 0.15) is 22.8 Å². The fourth-order valence-electron chi connectivity index (χ4n) is 6.45. The molecule has 2 amide bonds. The van der Waals surface area contributed by atoms with E-state index in [-0.39, 0.29) is 5.56 Å². The summed E-state index contributed by atoms with van der Waals surface area (Å²) in [6.45, 7) is 7.06. The van der Waals surface area contributed by atoms with Crippen molar-refractivity contribution in [3.8, 4) is 5.75 Å². The fraction of sp³-hybridized carbons (Fsp3) is 0.448. The van der Waals surface area contributed by atoms with Crippen LogP contribution >= 0.6 is 0 Å². The number of fused-ring (bicyclic) bond motifs is 3. The van der Waals surface area contributed by atoms with E-state index in [2.05, 4.69) is 5.32 Å². The molecular weight excluding hydrogens is 534 g/mol. The number of nitrogens with zero attached hydrogens (tertiary/aromatic N) is 1. The third-order valence-electron chi connectivity index (χ3n) is 8.05. The van der Waals surface area contributed by atoms with Gasteiger partial charge in [0.15, 0.2) is 11.4 Å². The number of Topliss-reactive ketones (excluding diaryl/α,β-unsaturated/α-hetero) is 2. The summed E-state index contributed by atoms with van der Waals surface area (Å²) in [5.74, 6) is -10.1. The molecule has 0 radical (unpaired) electrons. The Bertz CT molecular complexity index is 1470. The molecule has 12 nitrogen and oxygen atoms in total. The molecule has 12 heteroatoms. The molecule has 3 aliphatic rings. The van der Waals surface area contributed by atoms with E-state index in [0.29, 0.717) is 11.1 Å². The third-order valence-corrected chi connectivity index (χ3v) is 8.05. The van der Waals surface area contributed by atoms with Gasteiger partial charge in [0.2, 0.25) is 11.7 Å². The Hall–Kier alpha value is -4.00. The van der Waals surface area contributed by atoms with Crippen LogP contribution in [0.1, 0.15) is 50.3 Å². The molecule has 4 rings (SSSR count). The lowest BCUT2D eigenvalue weighted by Gasteiger charge is -2.53. The second-order valence-corrected chi connectivity index (χ2v) is 12.1. The van der Waals surface area contributed by atoms with Gasteiger partial charge in [-0.25, -0.2) is 0 Å². The molecule has 41 heavy (non-hydrogen) atoms. The Morgan fingerprint density at radius 1 is 1.12 bits per heavy atom. The van der Waals surface area contributed by atoms with Crippen LogP contribution in [0.2, 0.25) is 0 Å². The van der Waals surface area contributed by atoms with Gasteiger partial charge in [0.05, 0.1) is 23.6 Å². The number of aromatic hydroxyl groups is 1. The van der Waals surface area contributed by atoms with Gasteiger partial charge in [0, 0.05) is 23.1 Å². The highest BCUT2D eigenvalue weighted by atomic mass is 16.4. The first-order valence-corrected chi connectivity index (χ1v) is 13.0. The number of carbonyl (C=O) groups excluding carboxylic acids is 4. The zero-order chi connectivity index (χ0) is 30.9. The van der Waals surface area contributed by atoms with Gasteiger partial charge < -0.3 is 36.6 Å². The molecule has 6 unspecified atom stereocenters. The van der Waals surface area contributed by atoms with Gasteiger partial charge in [-0.05, 0) is 64.1 Å². The molecule has 0 spiro atoms. The smallest absolute Gasteiger partial charge is 0.255 e. The van der Waals surface area contributed by atoms with Crippen molar-refractivity contribution in [1.82, 2.24) is 10.2 Å². The zero-order valence-corrected chi connectivity index (χ0v) is 23.6. The van der Waals surface area contributed by atoms with Crippen LogP contribution in [0.3, 0.4) is 0 Å². The molecule has 0 aliphatic heterocycles. The molecule has 0 saturated heterocycles. The van der Waals surface area contributed by atoms with E-state index in [4.69, 9.17) is 5.73 Å². The molecule has 8 N–H and O–H groups in total. The van der Waals surface area contributed by atoms with Crippen LogP contribution in [0.5, 0.6) is 5.75 Å². The predicted octanol–water partition coefficient (Wildman–Crippen LogP) is 0.424. The van der Waals surface area contributed by atoms with Gasteiger partial charge in [-0.15, -0.1) is 0 Å². The highest BCUT2D eigenvalue weighted by Gasteiger charge is 2.68. The topological polar surface area (TPSA) is 211 Å². The van der Waals surface area contributed by atoms with Crippen LogP contribution in [0.15, 0.2) is 35.1 Å². The van der Waals surface area contributed by atoms with Crippen molar-refractivity contribution in [3.63, 3.8) is 0 Å². The highest BCUT2D eigenvalue weighted by molar-refractivity contribution is 6.24. The summed E-state index contributed by atoms with van der Waals surface area (Å²) in [5, 5.41) is 59.4. The van der Waals surface area contributed by atoms with Gasteiger partial charge in [-0.2, -0.15) is 0 Å². The Morgan fingerprint density at radius 3 is 2.27 bits per heavy atom. The number of rotatable bonds is 4. The lowest BCUT2D eigenvalue weighted by atomic mass is 9.54. The molecule has 1 saturated carbocycles. The summed E-state index contributed by atoms with van der Waals surface area (Å²) >= 11 is 0. The van der Waals surface area contributed by atoms with Crippen molar-refractivity contribution in [1.29, 1.82) is 0 Å². The molecule has 1 aromatic rings. The van der Waals surface area contributed by atoms with E-state index in [1.807, 2.05) is 20.8 Å². The Balaban J connectivity index is 1.97. The summed E-state index contributed by atoms with van der Waals surface area (Å²) in [6, 6.07) is 1.33. The van der Waals surface area contributed by atoms with E-state index in [1.54, 1.807) is 6.92 Å². The minimum atomic E-state index is -2.98. The van der Waals surface area contributed by atoms with Gasteiger partial charge in [-0.3, -0.25) is 24.1 Å². The number of amides is 2. The Kier molecular flexibility index (Phi) is 7.18. The molecular formula is C29H35N3O9. The van der Waals surface area contributed by atoms with Crippen molar-refractivity contribution in [3.05, 3.63) is 51.8 Å². The number of hydrogen-bond acceptors (Lipinski definition) is 10. The van der Waals surface area contributed by atoms with Crippen molar-refractivity contribution >= 4 is 35.2 Å². The minimum Gasteiger partial charge on any atom is -0.508 e. The third kappa shape index (κ3) is 4.42. The summed E-state index contributed by atoms with van der Waals surface area (Å²) in [4.78, 5) is 53.2. The highest BCUT2D eigenvalue weighted by Crippen LogP contribution is 2.56. The first-order valence-electron chi connectivity index (χ1n) is 13.0. The number of primary amides is 1. The van der Waals surface area contributed by atoms with Gasteiger partial charge in [0.25, 0.3) is 5.91 Å². The van der Waals surface area contributed by atoms with E-state index in [9.17, 15) is 44.7 Å². The number of ketones is 2. The maximum Gasteiger partial charge on any atom is 0.255 e. The Morgan fingerprint density at radius 2 is 1.73 bits per heavy atom. The summed E-state index contributed by atoms with van der Waals surface area (Å²) in [5.41, 5.74) is 0.942. The summed E-state index contributed by atoms with van der Waals surface area (Å²) in [6.07, 6.45) is 1.04. The van der Waals surface area contributed by atoms with E-state index >= 15 is 0 Å². The van der Waals surface area contributed by atoms with Crippen LogP contribution in [0, 0.1) is 11.8 Å². The monoisotopic (exact) mass is 569 g/mol. The number of phenolic OH excluding ortho intramolecular Hbond substituents is 1. The number of nitrogens with two attached hydrogens (primary N) is 1. The van der Waals surface area contributed by atoms with Crippen molar-refractivity contribution in [2.24, 2.45) is 17.6 Å². The van der Waals surface area contributed by atoms with Crippen molar-refractivity contribution in [2.75, 3.05) is 14.1 Å². The van der Waals surface area contributed by atoms with Crippen LogP contribution < -0.4 is 11.1 Å². The Labute approximate surface area is 236 Å². The molecule has 0 aromatic heterocycles. The zero-order valence-electron chi connectivity index (χ0n) is 23.6. The number of hydrogen-bond donors (Lipinski definition) is 7. The predicted molar refractivity (Wildman–Crippen MR) is 147 cm³/mol. The normalized spacial score (nSPS) is 29.9. The molecule has 1 fully saturated rings. The summed E-state index contributed by atoms with van der Waals surface area (Å²) in [7, 11) is 2.88. The number of aliphatic hydroxyl groups excluding tert-OH is 3. The first kappa shape index (κ1) is 30.0. The maximum atomic E-state index is 14.0. The lowest BCUT2D eigenvalue weighted by molar-refractivity contribution is -0.169. The lowest BCUT2D eigenvalue weighted by Crippen LogP contribution is -2.70. The average molecular weight is 570 g/mol. The van der Waals surface area contributed by atoms with Crippen LogP contribution in [-0.4, -0.2) is 91.2 Å². The molecule has 6 atom stereocenters. The molecule has 1 aromatic carbocycles. The van der Waals surface area contributed by atoms with E-state index in [1.165, 1.54) is 43.3 Å². The number of carbonyl (C=O) groups is 4. The second-order valence-electron chi connectivity index (χ2n) is 12.1.